The molecular formula is C40H46N4O8S. The Hall–Kier alpha value is -4.91. The zero-order valence-corrected chi connectivity index (χ0v) is 30.9. The van der Waals surface area contributed by atoms with Crippen molar-refractivity contribution >= 4 is 49.8 Å². The second kappa shape index (κ2) is 15.2. The molecule has 3 aliphatic rings. The molecule has 2 aromatic heterocycles. The molecule has 53 heavy (non-hydrogen) atoms. The fourth-order valence-corrected chi connectivity index (χ4v) is 8.45. The van der Waals surface area contributed by atoms with Crippen LogP contribution in [-0.2, 0) is 24.4 Å². The molecule has 1 aliphatic heterocycles. The highest BCUT2D eigenvalue weighted by atomic mass is 32.2. The molecule has 7 rings (SSSR count). The number of nitrogens with zero attached hydrogens (tertiary/aromatic N) is 2. The summed E-state index contributed by atoms with van der Waals surface area (Å²) in [6.07, 6.45) is 10.3. The summed E-state index contributed by atoms with van der Waals surface area (Å²) in [4.78, 5) is 44.7. The van der Waals surface area contributed by atoms with Crippen LogP contribution in [-0.4, -0.2) is 67.1 Å². The minimum atomic E-state index is -3.50. The van der Waals surface area contributed by atoms with E-state index in [1.165, 1.54) is 0 Å². The Labute approximate surface area is 309 Å². The molecule has 3 fully saturated rings. The van der Waals surface area contributed by atoms with Gasteiger partial charge in [0, 0.05) is 30.4 Å². The molecule has 3 heterocycles. The number of fused-ring (bicyclic) bond motifs is 3. The van der Waals surface area contributed by atoms with Gasteiger partial charge in [0.1, 0.15) is 29.0 Å². The van der Waals surface area contributed by atoms with Crippen LogP contribution in [0.4, 0.5) is 0 Å². The van der Waals surface area contributed by atoms with Crippen molar-refractivity contribution < 1.29 is 36.7 Å². The number of allylic oxidation sites excluding steroid dienone is 2. The Kier molecular flexibility index (Phi) is 10.5. The molecule has 2 aliphatic carbocycles. The van der Waals surface area contributed by atoms with E-state index in [-0.39, 0.29) is 36.6 Å². The molecule has 13 heteroatoms. The summed E-state index contributed by atoms with van der Waals surface area (Å²) in [5.74, 6) is -0.102. The first-order valence-corrected chi connectivity index (χ1v) is 20.0. The zero-order valence-electron chi connectivity index (χ0n) is 30.1. The number of aromatic nitrogens is 1. The lowest BCUT2D eigenvalue weighted by Crippen LogP contribution is -2.43. The van der Waals surface area contributed by atoms with E-state index in [1.807, 2.05) is 61.5 Å². The van der Waals surface area contributed by atoms with Crippen LogP contribution in [0.15, 0.2) is 65.1 Å². The monoisotopic (exact) mass is 742 g/mol. The van der Waals surface area contributed by atoms with Crippen molar-refractivity contribution in [3.8, 4) is 22.8 Å². The summed E-state index contributed by atoms with van der Waals surface area (Å²) >= 11 is 0. The van der Waals surface area contributed by atoms with Gasteiger partial charge in [0.2, 0.25) is 27.7 Å². The lowest BCUT2D eigenvalue weighted by atomic mass is 10.1. The highest BCUT2D eigenvalue weighted by molar-refractivity contribution is 7.90. The van der Waals surface area contributed by atoms with Gasteiger partial charge in [0.15, 0.2) is 11.3 Å². The van der Waals surface area contributed by atoms with Gasteiger partial charge in [-0.15, -0.1) is 0 Å². The molecule has 4 aromatic rings. The molecule has 3 amide bonds. The quantitative estimate of drug-likeness (QED) is 0.104. The lowest BCUT2D eigenvalue weighted by Gasteiger charge is -2.22. The summed E-state index contributed by atoms with van der Waals surface area (Å²) in [5.41, 5.74) is 10.3. The Bertz CT molecular complexity index is 2160. The molecule has 2 aromatic carbocycles. The predicted octanol–water partition coefficient (Wildman–Crippen LogP) is 5.94. The molecule has 4 atom stereocenters. The SMILES string of the molecule is COc1ccc2oc3c(O[C@@H]4C[C@@H](C(N)=O)N(C(=O)CCCCCC/C=C\[C@@H]5C[C@@H]5C(=O)NS(=O)(=O)C5CC5)C4)cc(-c4ccc(C)cc4)nc3c2c1. The maximum Gasteiger partial charge on any atom is 0.240 e. The number of unbranched alkanes of at least 4 members (excludes halogenated alkanes) is 4. The Morgan fingerprint density at radius 1 is 1.04 bits per heavy atom. The number of rotatable bonds is 16. The summed E-state index contributed by atoms with van der Waals surface area (Å²) in [5, 5.41) is 0.380. The van der Waals surface area contributed by atoms with Gasteiger partial charge in [-0.05, 0) is 69.6 Å². The number of amides is 3. The fraction of sp³-hybridized carbons (Fsp3) is 0.450. The summed E-state index contributed by atoms with van der Waals surface area (Å²) in [7, 11) is -1.89. The van der Waals surface area contributed by atoms with Crippen LogP contribution in [0, 0.1) is 18.8 Å². The van der Waals surface area contributed by atoms with E-state index in [1.54, 1.807) is 12.0 Å². The number of hydrogen-bond acceptors (Lipinski definition) is 9. The largest absolute Gasteiger partial charge is 0.497 e. The van der Waals surface area contributed by atoms with E-state index in [9.17, 15) is 22.8 Å². The van der Waals surface area contributed by atoms with Gasteiger partial charge < -0.3 is 24.5 Å². The van der Waals surface area contributed by atoms with Crippen LogP contribution in [0.3, 0.4) is 0 Å². The number of ether oxygens (including phenoxy) is 2. The number of nitrogens with one attached hydrogen (secondary N) is 1. The number of methoxy groups -OCH3 is 1. The van der Waals surface area contributed by atoms with Crippen molar-refractivity contribution in [3.05, 3.63) is 66.2 Å². The van der Waals surface area contributed by atoms with Gasteiger partial charge in [0.25, 0.3) is 0 Å². The third-order valence-corrected chi connectivity index (χ3v) is 12.3. The van der Waals surface area contributed by atoms with Crippen molar-refractivity contribution in [2.24, 2.45) is 17.6 Å². The van der Waals surface area contributed by atoms with Crippen LogP contribution in [0.5, 0.6) is 11.5 Å². The van der Waals surface area contributed by atoms with Gasteiger partial charge in [-0.1, -0.05) is 54.8 Å². The molecule has 3 N–H and O–H groups in total. The van der Waals surface area contributed by atoms with E-state index in [0.717, 1.165) is 42.2 Å². The molecular weight excluding hydrogens is 697 g/mol. The molecule has 0 spiro atoms. The van der Waals surface area contributed by atoms with Crippen molar-refractivity contribution in [1.82, 2.24) is 14.6 Å². The van der Waals surface area contributed by atoms with E-state index < -0.39 is 33.3 Å². The number of sulfonamides is 1. The summed E-state index contributed by atoms with van der Waals surface area (Å²) in [6.45, 7) is 2.25. The van der Waals surface area contributed by atoms with Crippen LogP contribution in [0.2, 0.25) is 0 Å². The van der Waals surface area contributed by atoms with Gasteiger partial charge in [-0.3, -0.25) is 19.1 Å². The zero-order chi connectivity index (χ0) is 37.3. The molecule has 0 bridgehead atoms. The second-order valence-corrected chi connectivity index (χ2v) is 16.5. The predicted molar refractivity (Wildman–Crippen MR) is 200 cm³/mol. The molecule has 0 unspecified atom stereocenters. The maximum atomic E-state index is 13.4. The third kappa shape index (κ3) is 8.35. The van der Waals surface area contributed by atoms with E-state index in [4.69, 9.17) is 24.6 Å². The Morgan fingerprint density at radius 2 is 1.81 bits per heavy atom. The van der Waals surface area contributed by atoms with E-state index >= 15 is 0 Å². The van der Waals surface area contributed by atoms with Gasteiger partial charge in [-0.25, -0.2) is 13.4 Å². The van der Waals surface area contributed by atoms with Crippen LogP contribution in [0.25, 0.3) is 33.3 Å². The second-order valence-electron chi connectivity index (χ2n) is 14.6. The number of carbonyl (C=O) groups is 3. The number of primary amides is 1. The average Bonchev–Trinajstić information content (AvgIpc) is 4.06. The van der Waals surface area contributed by atoms with Crippen LogP contribution >= 0.6 is 0 Å². The Balaban J connectivity index is 0.927. The smallest absolute Gasteiger partial charge is 0.240 e. The Morgan fingerprint density at radius 3 is 2.55 bits per heavy atom. The number of pyridine rings is 1. The number of benzene rings is 2. The number of likely N-dealkylation sites (tertiary alicyclic amines) is 1. The van der Waals surface area contributed by atoms with Crippen LogP contribution < -0.4 is 19.9 Å². The van der Waals surface area contributed by atoms with E-state index in [0.29, 0.717) is 66.0 Å². The van der Waals surface area contributed by atoms with Gasteiger partial charge in [0.05, 0.1) is 30.0 Å². The minimum absolute atomic E-state index is 0.0937. The lowest BCUT2D eigenvalue weighted by molar-refractivity contribution is -0.137. The maximum absolute atomic E-state index is 13.4. The molecule has 1 saturated heterocycles. The summed E-state index contributed by atoms with van der Waals surface area (Å²) in [6, 6.07) is 14.7. The van der Waals surface area contributed by atoms with Crippen molar-refractivity contribution in [3.63, 3.8) is 0 Å². The molecule has 12 nitrogen and oxygen atoms in total. The molecule has 0 radical (unpaired) electrons. The normalized spacial score (nSPS) is 21.4. The average molecular weight is 743 g/mol. The number of furan rings is 1. The highest BCUT2D eigenvalue weighted by Gasteiger charge is 2.45. The van der Waals surface area contributed by atoms with Gasteiger partial charge >= 0.3 is 0 Å². The number of carbonyl (C=O) groups excluding carboxylic acids is 3. The van der Waals surface area contributed by atoms with Gasteiger partial charge in [-0.2, -0.15) is 0 Å². The van der Waals surface area contributed by atoms with Crippen molar-refractivity contribution in [2.45, 2.75) is 88.5 Å². The standard InChI is InChI=1S/C40H46N4O8S/c1-24-11-13-25(14-12-24)32-22-35(38-37(42-32)31-20-27(50-2)15-18-34(31)52-38)51-28-21-33(39(41)46)44(23-28)36(45)10-8-6-4-3-5-7-9-26-19-30(26)40(47)43-53(48,49)29-16-17-29/h7,9,11-15,18,20,22,26,28-30,33H,3-6,8,10,16-17,19,21,23H2,1-2H3,(H2,41,46)(H,43,47)/b9-7-/t26-,28-,30+,33+/m1/s1. The highest BCUT2D eigenvalue weighted by Crippen LogP contribution is 2.41. The topological polar surface area (TPSA) is 171 Å². The van der Waals surface area contributed by atoms with Crippen molar-refractivity contribution in [1.29, 1.82) is 0 Å². The number of hydrogen-bond donors (Lipinski definition) is 2. The van der Waals surface area contributed by atoms with Crippen LogP contribution in [0.1, 0.15) is 69.8 Å². The first-order chi connectivity index (χ1) is 25.5. The molecule has 280 valence electrons. The molecule has 2 saturated carbocycles. The van der Waals surface area contributed by atoms with Crippen molar-refractivity contribution in [2.75, 3.05) is 13.7 Å². The third-order valence-electron chi connectivity index (χ3n) is 10.4. The number of aryl methyl sites for hydroxylation is 1. The van der Waals surface area contributed by atoms with E-state index in [2.05, 4.69) is 10.8 Å². The first kappa shape index (κ1) is 36.4. The minimum Gasteiger partial charge on any atom is -0.497 e. The summed E-state index contributed by atoms with van der Waals surface area (Å²) < 4.78 is 44.5. The number of nitrogens with two attached hydrogens (primary N) is 1. The first-order valence-electron chi connectivity index (χ1n) is 18.5. The fourth-order valence-electron chi connectivity index (χ4n) is 7.09.